The predicted molar refractivity (Wildman–Crippen MR) is 75.6 cm³/mol. The maximum Gasteiger partial charge on any atom is 0.0991 e. The summed E-state index contributed by atoms with van der Waals surface area (Å²) in [6, 6.07) is 10.2. The van der Waals surface area contributed by atoms with E-state index in [0.717, 1.165) is 24.8 Å². The van der Waals surface area contributed by atoms with Gasteiger partial charge in [-0.2, -0.15) is 5.26 Å². The summed E-state index contributed by atoms with van der Waals surface area (Å²) in [6.45, 7) is 2.09. The maximum absolute atomic E-state index is 10.1. The minimum absolute atomic E-state index is 0.158. The van der Waals surface area contributed by atoms with Crippen LogP contribution in [-0.4, -0.2) is 17.3 Å². The molecular weight excluding hydrogens is 236 g/mol. The highest BCUT2D eigenvalue weighted by Crippen LogP contribution is 2.22. The van der Waals surface area contributed by atoms with Crippen molar-refractivity contribution >= 4 is 0 Å². The second-order valence-electron chi connectivity index (χ2n) is 5.44. The van der Waals surface area contributed by atoms with E-state index in [1.54, 1.807) is 0 Å². The Morgan fingerprint density at radius 2 is 2.11 bits per heavy atom. The minimum atomic E-state index is -0.246. The van der Waals surface area contributed by atoms with E-state index in [-0.39, 0.29) is 18.2 Å². The number of nitriles is 1. The van der Waals surface area contributed by atoms with Crippen LogP contribution in [0.1, 0.15) is 56.2 Å². The highest BCUT2D eigenvalue weighted by molar-refractivity contribution is 5.34. The van der Waals surface area contributed by atoms with Gasteiger partial charge in [0.1, 0.15) is 0 Å². The number of rotatable bonds is 3. The molecule has 1 aliphatic carbocycles. The number of aliphatic hydroxyl groups is 1. The zero-order valence-electron chi connectivity index (χ0n) is 11.5. The topological polar surface area (TPSA) is 56.0 Å². The average molecular weight is 258 g/mol. The van der Waals surface area contributed by atoms with Crippen LogP contribution < -0.4 is 5.32 Å². The van der Waals surface area contributed by atoms with Crippen LogP contribution in [0.4, 0.5) is 0 Å². The van der Waals surface area contributed by atoms with Crippen LogP contribution in [0.15, 0.2) is 24.3 Å². The SMILES string of the molecule is CC(NC1CCCCCC1O)c1cccc(C#N)c1. The van der Waals surface area contributed by atoms with E-state index in [0.29, 0.717) is 5.56 Å². The Morgan fingerprint density at radius 1 is 1.32 bits per heavy atom. The number of aliphatic hydroxyl groups excluding tert-OH is 1. The molecule has 1 aromatic rings. The van der Waals surface area contributed by atoms with Gasteiger partial charge in [0, 0.05) is 12.1 Å². The quantitative estimate of drug-likeness (QED) is 0.820. The van der Waals surface area contributed by atoms with Gasteiger partial charge in [-0.3, -0.25) is 0 Å². The van der Waals surface area contributed by atoms with Crippen molar-refractivity contribution in [3.05, 3.63) is 35.4 Å². The van der Waals surface area contributed by atoms with Gasteiger partial charge in [0.15, 0.2) is 0 Å². The van der Waals surface area contributed by atoms with E-state index in [1.165, 1.54) is 12.8 Å². The van der Waals surface area contributed by atoms with E-state index in [4.69, 9.17) is 5.26 Å². The van der Waals surface area contributed by atoms with Crippen molar-refractivity contribution in [2.45, 2.75) is 57.2 Å². The van der Waals surface area contributed by atoms with Crippen molar-refractivity contribution in [1.82, 2.24) is 5.32 Å². The molecule has 3 atom stereocenters. The third kappa shape index (κ3) is 3.79. The number of benzene rings is 1. The first-order valence-electron chi connectivity index (χ1n) is 7.15. The molecule has 0 spiro atoms. The molecule has 1 fully saturated rings. The summed E-state index contributed by atoms with van der Waals surface area (Å²) in [7, 11) is 0. The van der Waals surface area contributed by atoms with E-state index < -0.39 is 0 Å². The lowest BCUT2D eigenvalue weighted by Crippen LogP contribution is -2.40. The van der Waals surface area contributed by atoms with Crippen LogP contribution in [0.3, 0.4) is 0 Å². The smallest absolute Gasteiger partial charge is 0.0991 e. The number of hydrogen-bond acceptors (Lipinski definition) is 3. The molecule has 0 radical (unpaired) electrons. The second-order valence-corrected chi connectivity index (χ2v) is 5.44. The van der Waals surface area contributed by atoms with Gasteiger partial charge in [-0.25, -0.2) is 0 Å². The lowest BCUT2D eigenvalue weighted by molar-refractivity contribution is 0.115. The molecule has 0 amide bonds. The fourth-order valence-corrected chi connectivity index (χ4v) is 2.78. The maximum atomic E-state index is 10.1. The van der Waals surface area contributed by atoms with Gasteiger partial charge >= 0.3 is 0 Å². The van der Waals surface area contributed by atoms with Crippen LogP contribution in [-0.2, 0) is 0 Å². The molecule has 2 N–H and O–H groups in total. The Bertz CT molecular complexity index is 452. The summed E-state index contributed by atoms with van der Waals surface area (Å²) in [4.78, 5) is 0. The Balaban J connectivity index is 2.03. The molecule has 0 aliphatic heterocycles. The van der Waals surface area contributed by atoms with Gasteiger partial charge < -0.3 is 10.4 Å². The van der Waals surface area contributed by atoms with Gasteiger partial charge in [0.05, 0.1) is 17.7 Å². The van der Waals surface area contributed by atoms with E-state index in [2.05, 4.69) is 18.3 Å². The van der Waals surface area contributed by atoms with Crippen LogP contribution >= 0.6 is 0 Å². The summed E-state index contributed by atoms with van der Waals surface area (Å²) < 4.78 is 0. The molecule has 1 saturated carbocycles. The average Bonchev–Trinajstić information content (AvgIpc) is 2.64. The van der Waals surface area contributed by atoms with Gasteiger partial charge in [-0.15, -0.1) is 0 Å². The summed E-state index contributed by atoms with van der Waals surface area (Å²) in [5.41, 5.74) is 1.79. The Morgan fingerprint density at radius 3 is 2.89 bits per heavy atom. The molecular formula is C16H22N2O. The number of nitrogens with zero attached hydrogens (tertiary/aromatic N) is 1. The lowest BCUT2D eigenvalue weighted by Gasteiger charge is -2.26. The Kier molecular flexibility index (Phi) is 4.95. The Hall–Kier alpha value is -1.37. The highest BCUT2D eigenvalue weighted by atomic mass is 16.3. The van der Waals surface area contributed by atoms with E-state index >= 15 is 0 Å². The molecule has 2 rings (SSSR count). The van der Waals surface area contributed by atoms with Crippen molar-refractivity contribution in [2.24, 2.45) is 0 Å². The molecule has 0 bridgehead atoms. The molecule has 19 heavy (non-hydrogen) atoms. The first-order valence-corrected chi connectivity index (χ1v) is 7.15. The van der Waals surface area contributed by atoms with Crippen molar-refractivity contribution in [1.29, 1.82) is 5.26 Å². The van der Waals surface area contributed by atoms with E-state index in [1.807, 2.05) is 24.3 Å². The summed E-state index contributed by atoms with van der Waals surface area (Å²) in [5, 5.41) is 22.6. The molecule has 1 aliphatic rings. The Labute approximate surface area is 115 Å². The van der Waals surface area contributed by atoms with Crippen molar-refractivity contribution < 1.29 is 5.11 Å². The van der Waals surface area contributed by atoms with Gasteiger partial charge in [0.25, 0.3) is 0 Å². The zero-order chi connectivity index (χ0) is 13.7. The molecule has 102 valence electrons. The molecule has 0 aromatic heterocycles. The fourth-order valence-electron chi connectivity index (χ4n) is 2.78. The third-order valence-corrected chi connectivity index (χ3v) is 3.96. The molecule has 0 saturated heterocycles. The third-order valence-electron chi connectivity index (χ3n) is 3.96. The number of hydrogen-bond donors (Lipinski definition) is 2. The minimum Gasteiger partial charge on any atom is -0.392 e. The van der Waals surface area contributed by atoms with E-state index in [9.17, 15) is 5.11 Å². The van der Waals surface area contributed by atoms with Crippen LogP contribution in [0, 0.1) is 11.3 Å². The van der Waals surface area contributed by atoms with Crippen LogP contribution in [0.2, 0.25) is 0 Å². The van der Waals surface area contributed by atoms with Crippen molar-refractivity contribution in [2.75, 3.05) is 0 Å². The predicted octanol–water partition coefficient (Wildman–Crippen LogP) is 2.90. The fraction of sp³-hybridized carbons (Fsp3) is 0.562. The van der Waals surface area contributed by atoms with Gasteiger partial charge in [-0.05, 0) is 37.5 Å². The largest absolute Gasteiger partial charge is 0.392 e. The summed E-state index contributed by atoms with van der Waals surface area (Å²) in [5.74, 6) is 0. The molecule has 3 nitrogen and oxygen atoms in total. The van der Waals surface area contributed by atoms with Crippen LogP contribution in [0.5, 0.6) is 0 Å². The molecule has 0 heterocycles. The summed E-state index contributed by atoms with van der Waals surface area (Å²) >= 11 is 0. The van der Waals surface area contributed by atoms with Gasteiger partial charge in [0.2, 0.25) is 0 Å². The number of nitrogens with one attached hydrogen (secondary N) is 1. The second kappa shape index (κ2) is 6.70. The molecule has 3 heteroatoms. The van der Waals surface area contributed by atoms with Crippen LogP contribution in [0.25, 0.3) is 0 Å². The molecule has 1 aromatic carbocycles. The highest BCUT2D eigenvalue weighted by Gasteiger charge is 2.23. The first-order chi connectivity index (χ1) is 9.20. The van der Waals surface area contributed by atoms with Crippen molar-refractivity contribution in [3.63, 3.8) is 0 Å². The molecule has 3 unspecified atom stereocenters. The van der Waals surface area contributed by atoms with Crippen molar-refractivity contribution in [3.8, 4) is 6.07 Å². The normalized spacial score (nSPS) is 25.3. The standard InChI is InChI=1S/C16H22N2O/c1-12(14-7-5-6-13(10-14)11-17)18-15-8-3-2-4-9-16(15)19/h5-7,10,12,15-16,18-19H,2-4,8-9H2,1H3. The zero-order valence-corrected chi connectivity index (χ0v) is 11.5. The van der Waals surface area contributed by atoms with Gasteiger partial charge in [-0.1, -0.05) is 31.4 Å². The lowest BCUT2D eigenvalue weighted by atomic mass is 10.0. The monoisotopic (exact) mass is 258 g/mol. The first kappa shape index (κ1) is 14.0. The summed E-state index contributed by atoms with van der Waals surface area (Å²) in [6.07, 6.45) is 5.20.